The number of aliphatic hydroxyl groups is 1. The molecule has 0 saturated heterocycles. The lowest BCUT2D eigenvalue weighted by atomic mass is 10.1. The van der Waals surface area contributed by atoms with Gasteiger partial charge in [0, 0.05) is 19.2 Å². The zero-order chi connectivity index (χ0) is 15.1. The van der Waals surface area contributed by atoms with E-state index in [9.17, 15) is 9.90 Å². The molecular weight excluding hydrogens is 264 g/mol. The van der Waals surface area contributed by atoms with Crippen LogP contribution in [0.1, 0.15) is 24.1 Å². The number of carbonyl (C=O) groups excluding carboxylic acids is 1. The maximum Gasteiger partial charge on any atom is 0.221 e. The molecule has 0 fully saturated rings. The average Bonchev–Trinajstić information content (AvgIpc) is 2.50. The first kappa shape index (κ1) is 15.2. The van der Waals surface area contributed by atoms with Gasteiger partial charge in [-0.3, -0.25) is 4.79 Å². The zero-order valence-corrected chi connectivity index (χ0v) is 12.0. The molecule has 0 bridgehead atoms. The molecule has 0 saturated carbocycles. The summed E-state index contributed by atoms with van der Waals surface area (Å²) in [5, 5.41) is 15.7. The quantitative estimate of drug-likeness (QED) is 0.763. The molecule has 1 amide bonds. The van der Waals surface area contributed by atoms with E-state index in [1.807, 2.05) is 54.6 Å². The first-order valence-electron chi connectivity index (χ1n) is 6.95. The molecule has 2 rings (SSSR count). The van der Waals surface area contributed by atoms with Crippen LogP contribution in [0.4, 0.5) is 5.69 Å². The van der Waals surface area contributed by atoms with Gasteiger partial charge in [0.25, 0.3) is 0 Å². The highest BCUT2D eigenvalue weighted by Gasteiger charge is 2.10. The molecule has 2 aromatic rings. The molecule has 0 aliphatic rings. The Bertz CT molecular complexity index is 584. The van der Waals surface area contributed by atoms with Crippen LogP contribution >= 0.6 is 0 Å². The van der Waals surface area contributed by atoms with Crippen molar-refractivity contribution in [1.82, 2.24) is 5.32 Å². The van der Waals surface area contributed by atoms with E-state index in [1.165, 1.54) is 6.92 Å². The van der Waals surface area contributed by atoms with Gasteiger partial charge in [0.15, 0.2) is 0 Å². The second kappa shape index (κ2) is 7.57. The summed E-state index contributed by atoms with van der Waals surface area (Å²) in [6.45, 7) is 2.08. The van der Waals surface area contributed by atoms with Crippen molar-refractivity contribution in [3.05, 3.63) is 65.7 Å². The van der Waals surface area contributed by atoms with Crippen LogP contribution in [0, 0.1) is 0 Å². The predicted octanol–water partition coefficient (Wildman–Crippen LogP) is 2.47. The number of amides is 1. The molecule has 0 radical (unpaired) electrons. The van der Waals surface area contributed by atoms with Crippen molar-refractivity contribution < 1.29 is 9.90 Å². The summed E-state index contributed by atoms with van der Waals surface area (Å²) in [5.41, 5.74) is 2.82. The third kappa shape index (κ3) is 4.41. The highest BCUT2D eigenvalue weighted by atomic mass is 16.3. The second-order valence-corrected chi connectivity index (χ2v) is 4.87. The van der Waals surface area contributed by atoms with Gasteiger partial charge in [0.2, 0.25) is 5.91 Å². The van der Waals surface area contributed by atoms with Gasteiger partial charge in [-0.15, -0.1) is 0 Å². The van der Waals surface area contributed by atoms with Crippen molar-refractivity contribution in [3.8, 4) is 0 Å². The Kier molecular flexibility index (Phi) is 5.49. The van der Waals surface area contributed by atoms with Crippen LogP contribution in [0.15, 0.2) is 54.6 Å². The molecule has 0 unspecified atom stereocenters. The van der Waals surface area contributed by atoms with Gasteiger partial charge in [0.05, 0.1) is 12.6 Å². The number of aliphatic hydroxyl groups excluding tert-OH is 1. The number of hydrogen-bond acceptors (Lipinski definition) is 3. The summed E-state index contributed by atoms with van der Waals surface area (Å²) in [4.78, 5) is 11.2. The molecule has 0 spiro atoms. The van der Waals surface area contributed by atoms with Crippen molar-refractivity contribution in [2.45, 2.75) is 19.5 Å². The number of carbonyl (C=O) groups is 1. The Morgan fingerprint density at radius 2 is 1.76 bits per heavy atom. The molecule has 2 aromatic carbocycles. The van der Waals surface area contributed by atoms with Crippen molar-refractivity contribution in [2.24, 2.45) is 0 Å². The molecule has 21 heavy (non-hydrogen) atoms. The molecule has 4 nitrogen and oxygen atoms in total. The highest BCUT2D eigenvalue weighted by Crippen LogP contribution is 2.17. The van der Waals surface area contributed by atoms with E-state index < -0.39 is 0 Å². The topological polar surface area (TPSA) is 61.4 Å². The van der Waals surface area contributed by atoms with Crippen molar-refractivity contribution in [1.29, 1.82) is 0 Å². The fourth-order valence-corrected chi connectivity index (χ4v) is 2.19. The molecule has 1 atom stereocenters. The smallest absolute Gasteiger partial charge is 0.221 e. The van der Waals surface area contributed by atoms with Crippen LogP contribution in [0.2, 0.25) is 0 Å². The Balaban J connectivity index is 2.06. The lowest BCUT2D eigenvalue weighted by Crippen LogP contribution is -2.24. The van der Waals surface area contributed by atoms with Crippen LogP contribution in [0.25, 0.3) is 0 Å². The lowest BCUT2D eigenvalue weighted by Gasteiger charge is -2.18. The fraction of sp³-hybridized carbons (Fsp3) is 0.235. The van der Waals surface area contributed by atoms with Crippen molar-refractivity contribution in [2.75, 3.05) is 11.9 Å². The maximum atomic E-state index is 11.2. The van der Waals surface area contributed by atoms with Crippen LogP contribution < -0.4 is 10.6 Å². The van der Waals surface area contributed by atoms with Gasteiger partial charge >= 0.3 is 0 Å². The summed E-state index contributed by atoms with van der Waals surface area (Å²) in [6.07, 6.45) is 0. The summed E-state index contributed by atoms with van der Waals surface area (Å²) in [6, 6.07) is 17.3. The highest BCUT2D eigenvalue weighted by molar-refractivity contribution is 5.89. The number of anilines is 1. The first-order chi connectivity index (χ1) is 10.2. The zero-order valence-electron chi connectivity index (χ0n) is 12.0. The number of rotatable bonds is 6. The van der Waals surface area contributed by atoms with Crippen LogP contribution in [0.5, 0.6) is 0 Å². The Morgan fingerprint density at radius 3 is 2.43 bits per heavy atom. The Hall–Kier alpha value is -2.17. The molecule has 0 aromatic heterocycles. The monoisotopic (exact) mass is 284 g/mol. The molecule has 110 valence electrons. The number of benzene rings is 2. The van der Waals surface area contributed by atoms with E-state index in [0.29, 0.717) is 6.54 Å². The second-order valence-electron chi connectivity index (χ2n) is 4.87. The molecule has 0 aliphatic carbocycles. The largest absolute Gasteiger partial charge is 0.394 e. The molecule has 0 heterocycles. The van der Waals surface area contributed by atoms with E-state index in [1.54, 1.807) is 0 Å². The molecular formula is C17H20N2O2. The van der Waals surface area contributed by atoms with E-state index >= 15 is 0 Å². The van der Waals surface area contributed by atoms with E-state index in [4.69, 9.17) is 0 Å². The van der Waals surface area contributed by atoms with Crippen molar-refractivity contribution >= 4 is 11.6 Å². The third-order valence-electron chi connectivity index (χ3n) is 3.25. The van der Waals surface area contributed by atoms with Gasteiger partial charge in [0.1, 0.15) is 0 Å². The average molecular weight is 284 g/mol. The number of hydrogen-bond donors (Lipinski definition) is 3. The van der Waals surface area contributed by atoms with E-state index in [2.05, 4.69) is 10.6 Å². The minimum atomic E-state index is -0.128. The van der Waals surface area contributed by atoms with Crippen LogP contribution in [0.3, 0.4) is 0 Å². The minimum Gasteiger partial charge on any atom is -0.394 e. The SMILES string of the molecule is CC(=O)Nc1ccccc1CN[C@H](CO)c1ccccc1. The Morgan fingerprint density at radius 1 is 1.10 bits per heavy atom. The first-order valence-corrected chi connectivity index (χ1v) is 6.95. The minimum absolute atomic E-state index is 0.0202. The van der Waals surface area contributed by atoms with Gasteiger partial charge in [-0.25, -0.2) is 0 Å². The van der Waals surface area contributed by atoms with E-state index in [0.717, 1.165) is 16.8 Å². The normalized spacial score (nSPS) is 11.9. The van der Waals surface area contributed by atoms with Gasteiger partial charge in [-0.1, -0.05) is 48.5 Å². The Labute approximate surface area is 124 Å². The summed E-state index contributed by atoms with van der Waals surface area (Å²) in [7, 11) is 0. The predicted molar refractivity (Wildman–Crippen MR) is 83.9 cm³/mol. The maximum absolute atomic E-state index is 11.2. The van der Waals surface area contributed by atoms with Gasteiger partial charge < -0.3 is 15.7 Å². The number of nitrogens with one attached hydrogen (secondary N) is 2. The van der Waals surface area contributed by atoms with Crippen LogP contribution in [-0.2, 0) is 11.3 Å². The fourth-order valence-electron chi connectivity index (χ4n) is 2.19. The van der Waals surface area contributed by atoms with Crippen molar-refractivity contribution in [3.63, 3.8) is 0 Å². The third-order valence-corrected chi connectivity index (χ3v) is 3.25. The summed E-state index contributed by atoms with van der Waals surface area (Å²) < 4.78 is 0. The lowest BCUT2D eigenvalue weighted by molar-refractivity contribution is -0.114. The standard InChI is InChI=1S/C17H20N2O2/c1-13(21)19-16-10-6-5-9-15(16)11-18-17(12-20)14-7-3-2-4-8-14/h2-10,17-18,20H,11-12H2,1H3,(H,19,21)/t17-/m1/s1. The van der Waals surface area contributed by atoms with Gasteiger partial charge in [-0.2, -0.15) is 0 Å². The number of para-hydroxylation sites is 1. The molecule has 4 heteroatoms. The summed E-state index contributed by atoms with van der Waals surface area (Å²) >= 11 is 0. The summed E-state index contributed by atoms with van der Waals surface area (Å²) in [5.74, 6) is -0.0933. The van der Waals surface area contributed by atoms with E-state index in [-0.39, 0.29) is 18.6 Å². The van der Waals surface area contributed by atoms with Gasteiger partial charge in [-0.05, 0) is 17.2 Å². The van der Waals surface area contributed by atoms with Crippen LogP contribution in [-0.4, -0.2) is 17.6 Å². The molecule has 3 N–H and O–H groups in total. The molecule has 0 aliphatic heterocycles.